The summed E-state index contributed by atoms with van der Waals surface area (Å²) in [6.07, 6.45) is 0. The standard InChI is InChI=1S/C54H34B2N2/c1-3-17-35(18-4-1)37-21-7-10-26-43(37)55-45-28-12-14-32-50(45)58-51-34-52-48(33-42(51)41-25-16-29-46(55)54(41)58)56(44-27-11-8-22-38(44)36-19-5-2-6-20-36)47-30-15-24-40-39-23-9-13-31-49(39)57(52)53(40)47/h1-34H. The van der Waals surface area contributed by atoms with Crippen molar-refractivity contribution >= 4 is 89.8 Å². The maximum Gasteiger partial charge on any atom is 0.247 e. The van der Waals surface area contributed by atoms with E-state index in [4.69, 9.17) is 0 Å². The number of fused-ring (bicyclic) bond motifs is 10. The lowest BCUT2D eigenvalue weighted by molar-refractivity contribution is 1.16. The highest BCUT2D eigenvalue weighted by Crippen LogP contribution is 2.38. The molecule has 2 aliphatic heterocycles. The molecule has 266 valence electrons. The molecule has 9 aromatic carbocycles. The summed E-state index contributed by atoms with van der Waals surface area (Å²) in [6.45, 7) is 0.103. The Morgan fingerprint density at radius 3 is 1.40 bits per heavy atom. The fourth-order valence-electron chi connectivity index (χ4n) is 10.8. The Morgan fingerprint density at radius 2 is 0.741 bits per heavy atom. The minimum Gasteiger partial charge on any atom is -0.310 e. The summed E-state index contributed by atoms with van der Waals surface area (Å²) in [5, 5.41) is 5.17. The second-order valence-corrected chi connectivity index (χ2v) is 15.9. The van der Waals surface area contributed by atoms with Gasteiger partial charge in [0.2, 0.25) is 13.4 Å². The van der Waals surface area contributed by atoms with Crippen LogP contribution >= 0.6 is 0 Å². The molecule has 0 saturated heterocycles. The molecule has 0 bridgehead atoms. The van der Waals surface area contributed by atoms with Gasteiger partial charge in [0.25, 0.3) is 0 Å². The van der Waals surface area contributed by atoms with Gasteiger partial charge in [-0.3, -0.25) is 0 Å². The third-order valence-corrected chi connectivity index (χ3v) is 13.1. The van der Waals surface area contributed by atoms with Crippen LogP contribution in [-0.2, 0) is 0 Å². The van der Waals surface area contributed by atoms with Crippen molar-refractivity contribution in [3.05, 3.63) is 206 Å². The largest absolute Gasteiger partial charge is 0.310 e. The van der Waals surface area contributed by atoms with Gasteiger partial charge < -0.3 is 9.13 Å². The van der Waals surface area contributed by atoms with Crippen LogP contribution in [0, 0.1) is 0 Å². The number of benzene rings is 9. The second kappa shape index (κ2) is 12.1. The zero-order chi connectivity index (χ0) is 37.9. The number of para-hydroxylation sites is 4. The highest BCUT2D eigenvalue weighted by Gasteiger charge is 2.38. The zero-order valence-corrected chi connectivity index (χ0v) is 31.7. The van der Waals surface area contributed by atoms with Gasteiger partial charge in [-0.15, -0.1) is 0 Å². The number of rotatable bonds is 4. The van der Waals surface area contributed by atoms with Gasteiger partial charge in [0.15, 0.2) is 0 Å². The summed E-state index contributed by atoms with van der Waals surface area (Å²) in [7, 11) is 0. The average molecular weight is 733 g/mol. The van der Waals surface area contributed by atoms with E-state index in [0.29, 0.717) is 0 Å². The summed E-state index contributed by atoms with van der Waals surface area (Å²) < 4.78 is 5.14. The Morgan fingerprint density at radius 1 is 0.276 bits per heavy atom. The van der Waals surface area contributed by atoms with Crippen molar-refractivity contribution in [3.8, 4) is 33.6 Å². The lowest BCUT2D eigenvalue weighted by Gasteiger charge is -2.29. The molecule has 2 nitrogen and oxygen atoms in total. The maximum absolute atomic E-state index is 2.58. The Bertz CT molecular complexity index is 3470. The van der Waals surface area contributed by atoms with Crippen LogP contribution in [0.2, 0.25) is 0 Å². The molecule has 11 aromatic rings. The molecule has 0 spiro atoms. The molecule has 0 saturated carbocycles. The third-order valence-electron chi connectivity index (χ3n) is 13.1. The van der Waals surface area contributed by atoms with E-state index in [9.17, 15) is 0 Å². The van der Waals surface area contributed by atoms with E-state index >= 15 is 0 Å². The number of aromatic nitrogens is 2. The Hall–Kier alpha value is -7.29. The Balaban J connectivity index is 1.16. The normalized spacial score (nSPS) is 12.8. The molecule has 4 heterocycles. The van der Waals surface area contributed by atoms with E-state index < -0.39 is 0 Å². The summed E-state index contributed by atoms with van der Waals surface area (Å²) >= 11 is 0. The van der Waals surface area contributed by atoms with Crippen molar-refractivity contribution in [2.45, 2.75) is 0 Å². The lowest BCUT2D eigenvalue weighted by Crippen LogP contribution is -2.56. The SMILES string of the molecule is c1ccc(-c2ccccc2B2c3cc4c5cccc6c5n(c4cc3-n3c4ccccc4c4cccc2c43)-c2ccccc2B6c2ccccc2-c2ccccc2)cc1. The van der Waals surface area contributed by atoms with Crippen LogP contribution in [0.25, 0.3) is 77.2 Å². The predicted octanol–water partition coefficient (Wildman–Crippen LogP) is 8.87. The number of hydrogen-bond donors (Lipinski definition) is 0. The smallest absolute Gasteiger partial charge is 0.247 e. The first-order chi connectivity index (χ1) is 28.8. The Kier molecular flexibility index (Phi) is 6.65. The van der Waals surface area contributed by atoms with E-state index in [0.717, 1.165) is 0 Å². The monoisotopic (exact) mass is 732 g/mol. The van der Waals surface area contributed by atoms with Crippen molar-refractivity contribution in [2.75, 3.05) is 0 Å². The second-order valence-electron chi connectivity index (χ2n) is 15.9. The molecule has 13 rings (SSSR count). The molecule has 58 heavy (non-hydrogen) atoms. The van der Waals surface area contributed by atoms with E-state index in [2.05, 4.69) is 215 Å². The summed E-state index contributed by atoms with van der Waals surface area (Å²) in [5.74, 6) is 0. The molecule has 0 unspecified atom stereocenters. The fourth-order valence-corrected chi connectivity index (χ4v) is 10.8. The van der Waals surface area contributed by atoms with Gasteiger partial charge in [-0.1, -0.05) is 199 Å². The van der Waals surface area contributed by atoms with Crippen molar-refractivity contribution in [3.63, 3.8) is 0 Å². The van der Waals surface area contributed by atoms with Gasteiger partial charge in [-0.2, -0.15) is 0 Å². The minimum absolute atomic E-state index is 0.0285. The number of nitrogens with zero attached hydrogens (tertiary/aromatic N) is 2. The van der Waals surface area contributed by atoms with Gasteiger partial charge >= 0.3 is 0 Å². The first kappa shape index (κ1) is 31.9. The molecule has 2 aliphatic rings. The average Bonchev–Trinajstić information content (AvgIpc) is 3.81. The molecular formula is C54H34B2N2. The maximum atomic E-state index is 2.58. The van der Waals surface area contributed by atoms with Gasteiger partial charge in [-0.25, -0.2) is 0 Å². The molecular weight excluding hydrogens is 698 g/mol. The molecule has 0 amide bonds. The van der Waals surface area contributed by atoms with Crippen LogP contribution < -0.4 is 32.8 Å². The van der Waals surface area contributed by atoms with Gasteiger partial charge in [0.1, 0.15) is 0 Å². The molecule has 0 fully saturated rings. The molecule has 0 aliphatic carbocycles. The van der Waals surface area contributed by atoms with E-state index in [-0.39, 0.29) is 13.4 Å². The molecule has 0 radical (unpaired) electrons. The van der Waals surface area contributed by atoms with Crippen molar-refractivity contribution in [1.82, 2.24) is 9.13 Å². The first-order valence-electron chi connectivity index (χ1n) is 20.3. The number of hydrogen-bond acceptors (Lipinski definition) is 0. The van der Waals surface area contributed by atoms with Gasteiger partial charge in [0.05, 0.1) is 11.0 Å². The summed E-state index contributed by atoms with van der Waals surface area (Å²) in [4.78, 5) is 0. The lowest BCUT2D eigenvalue weighted by atomic mass is 9.34. The van der Waals surface area contributed by atoms with E-state index in [1.54, 1.807) is 0 Å². The summed E-state index contributed by atoms with van der Waals surface area (Å²) in [5.41, 5.74) is 20.6. The zero-order valence-electron chi connectivity index (χ0n) is 31.7. The van der Waals surface area contributed by atoms with Gasteiger partial charge in [-0.05, 0) is 62.3 Å². The van der Waals surface area contributed by atoms with Crippen molar-refractivity contribution in [1.29, 1.82) is 0 Å². The minimum atomic E-state index is 0.0285. The molecule has 0 N–H and O–H groups in total. The predicted molar refractivity (Wildman–Crippen MR) is 248 cm³/mol. The highest BCUT2D eigenvalue weighted by atomic mass is 15.0. The topological polar surface area (TPSA) is 9.86 Å². The van der Waals surface area contributed by atoms with Crippen LogP contribution in [0.3, 0.4) is 0 Å². The third kappa shape index (κ3) is 4.29. The molecule has 0 atom stereocenters. The highest BCUT2D eigenvalue weighted by molar-refractivity contribution is 6.99. The summed E-state index contributed by atoms with van der Waals surface area (Å²) in [6, 6.07) is 76.9. The van der Waals surface area contributed by atoms with E-state index in [1.165, 1.54) is 110 Å². The van der Waals surface area contributed by atoms with Crippen LogP contribution in [0.1, 0.15) is 0 Å². The van der Waals surface area contributed by atoms with Crippen molar-refractivity contribution < 1.29 is 0 Å². The fraction of sp³-hybridized carbons (Fsp3) is 0. The van der Waals surface area contributed by atoms with Crippen LogP contribution in [-0.4, -0.2) is 22.6 Å². The quantitative estimate of drug-likeness (QED) is 0.160. The molecule has 2 aromatic heterocycles. The first-order valence-corrected chi connectivity index (χ1v) is 20.3. The molecule has 4 heteroatoms. The Labute approximate surface area is 337 Å². The van der Waals surface area contributed by atoms with E-state index in [1.807, 2.05) is 0 Å². The van der Waals surface area contributed by atoms with Crippen molar-refractivity contribution in [2.24, 2.45) is 0 Å². The van der Waals surface area contributed by atoms with Crippen LogP contribution in [0.4, 0.5) is 0 Å². The van der Waals surface area contributed by atoms with Crippen LogP contribution in [0.15, 0.2) is 206 Å². The van der Waals surface area contributed by atoms with Gasteiger partial charge in [0, 0.05) is 44.0 Å². The van der Waals surface area contributed by atoms with Crippen LogP contribution in [0.5, 0.6) is 0 Å².